The van der Waals surface area contributed by atoms with Gasteiger partial charge >= 0.3 is 5.97 Å². The molecule has 1 aliphatic rings. The number of nitrogens with zero attached hydrogens (tertiary/aromatic N) is 3. The number of carbonyl (C=O) groups excluding carboxylic acids is 2. The molecule has 1 amide bonds. The number of amides is 1. The zero-order valence-corrected chi connectivity index (χ0v) is 35.5. The Morgan fingerprint density at radius 2 is 1.81 bits per heavy atom. The number of unbranched alkanes of at least 4 members (excludes halogenated alkanes) is 3. The number of methoxy groups -OCH3 is 1. The highest BCUT2D eigenvalue weighted by atomic mass is 32.1. The number of aromatic nitrogens is 2. The standard InChI is InChI=1S/C46H63FN4O5S/c1-6-55-45(35-19-17-34(18-20-35)30-42(52)48-26-11-7-8-12-29-57)51-40-15-10-9-14-39(40)49-41(51)16-13-27-50(4)28-25-46(56-43(53)32-54-5)24-23-36-31-37(47)21-22-38(36)44(46)33(2)3/h9-10,14-15,17-22,31,33,44-45,57H,6-8,11-13,16,23-30,32H2,1-5H3,(H,48,52)/t44-,45?,46-/m0/s1. The quantitative estimate of drug-likeness (QED) is 0.0442. The lowest BCUT2D eigenvalue weighted by Gasteiger charge is -2.47. The van der Waals surface area contributed by atoms with Gasteiger partial charge in [-0.3, -0.25) is 9.36 Å². The van der Waals surface area contributed by atoms with Crippen LogP contribution in [0.1, 0.15) is 106 Å². The van der Waals surface area contributed by atoms with Crippen molar-refractivity contribution in [1.29, 1.82) is 0 Å². The Kier molecular flexibility index (Phi) is 17.0. The highest BCUT2D eigenvalue weighted by molar-refractivity contribution is 7.80. The number of rotatable bonds is 23. The minimum absolute atomic E-state index is 0.0361. The first-order chi connectivity index (χ1) is 27.6. The Balaban J connectivity index is 1.26. The molecule has 1 N–H and O–H groups in total. The first-order valence-corrected chi connectivity index (χ1v) is 21.4. The molecule has 310 valence electrons. The van der Waals surface area contributed by atoms with Gasteiger partial charge in [0.2, 0.25) is 5.91 Å². The number of carbonyl (C=O) groups is 2. The third kappa shape index (κ3) is 11.9. The molecular weight excluding hydrogens is 740 g/mol. The fraction of sp³-hybridized carbons (Fsp3) is 0.543. The predicted molar refractivity (Wildman–Crippen MR) is 228 cm³/mol. The molecule has 0 bridgehead atoms. The first kappa shape index (κ1) is 44.3. The highest BCUT2D eigenvalue weighted by Gasteiger charge is 2.47. The Labute approximate surface area is 344 Å². The Morgan fingerprint density at radius 1 is 1.04 bits per heavy atom. The van der Waals surface area contributed by atoms with E-state index >= 15 is 0 Å². The van der Waals surface area contributed by atoms with E-state index in [1.165, 1.54) is 13.2 Å². The van der Waals surface area contributed by atoms with Gasteiger partial charge < -0.3 is 24.4 Å². The molecule has 57 heavy (non-hydrogen) atoms. The van der Waals surface area contributed by atoms with Crippen LogP contribution in [-0.4, -0.2) is 84.7 Å². The van der Waals surface area contributed by atoms with Crippen molar-refractivity contribution in [2.24, 2.45) is 5.92 Å². The van der Waals surface area contributed by atoms with Crippen LogP contribution in [0.4, 0.5) is 4.39 Å². The normalized spacial score (nSPS) is 17.2. The van der Waals surface area contributed by atoms with E-state index in [-0.39, 0.29) is 42.4 Å². The van der Waals surface area contributed by atoms with Crippen LogP contribution in [-0.2, 0) is 43.1 Å². The second-order valence-electron chi connectivity index (χ2n) is 15.8. The number of nitrogens with one attached hydrogen (secondary N) is 1. The van der Waals surface area contributed by atoms with Gasteiger partial charge in [-0.25, -0.2) is 14.2 Å². The van der Waals surface area contributed by atoms with Gasteiger partial charge in [-0.05, 0) is 105 Å². The minimum atomic E-state index is -0.730. The molecule has 1 heterocycles. The van der Waals surface area contributed by atoms with Gasteiger partial charge in [0, 0.05) is 51.1 Å². The summed E-state index contributed by atoms with van der Waals surface area (Å²) in [4.78, 5) is 33.0. The average Bonchev–Trinajstić information content (AvgIpc) is 3.55. The second-order valence-corrected chi connectivity index (χ2v) is 16.2. The number of fused-ring (bicyclic) bond motifs is 2. The molecule has 0 saturated heterocycles. The largest absolute Gasteiger partial charge is 0.457 e. The molecule has 1 aliphatic carbocycles. The Morgan fingerprint density at radius 3 is 2.54 bits per heavy atom. The van der Waals surface area contributed by atoms with Gasteiger partial charge in [0.15, 0.2) is 6.23 Å². The number of thiol groups is 1. The van der Waals surface area contributed by atoms with Crippen molar-refractivity contribution in [3.8, 4) is 0 Å². The molecule has 11 heteroatoms. The number of halogens is 1. The summed E-state index contributed by atoms with van der Waals surface area (Å²) in [5.41, 5.74) is 5.21. The number of esters is 1. The van der Waals surface area contributed by atoms with Gasteiger partial charge in [0.25, 0.3) is 0 Å². The van der Waals surface area contributed by atoms with Crippen LogP contribution in [0.3, 0.4) is 0 Å². The summed E-state index contributed by atoms with van der Waals surface area (Å²) in [5.74, 6) is 1.38. The van der Waals surface area contributed by atoms with Gasteiger partial charge in [0.05, 0.1) is 17.5 Å². The van der Waals surface area contributed by atoms with Crippen molar-refractivity contribution in [2.75, 3.05) is 52.8 Å². The summed E-state index contributed by atoms with van der Waals surface area (Å²) >= 11 is 4.27. The summed E-state index contributed by atoms with van der Waals surface area (Å²) in [6, 6.07) is 21.4. The summed E-state index contributed by atoms with van der Waals surface area (Å²) in [6.07, 6.45) is 7.81. The monoisotopic (exact) mass is 802 g/mol. The SMILES string of the molecule is CCOC(c1ccc(CC(=O)NCCCCCCS)cc1)n1c(CCCN(C)CC[C@@]2(OC(=O)COC)CCc3cc(F)ccc3[C@@H]2C(C)C)nc2ccccc21. The molecule has 1 aromatic heterocycles. The number of imidazole rings is 1. The molecule has 4 aromatic rings. The van der Waals surface area contributed by atoms with Crippen LogP contribution < -0.4 is 5.32 Å². The molecule has 0 aliphatic heterocycles. The van der Waals surface area contributed by atoms with Gasteiger partial charge in [-0.2, -0.15) is 12.6 Å². The maximum atomic E-state index is 14.3. The third-order valence-electron chi connectivity index (χ3n) is 11.2. The van der Waals surface area contributed by atoms with E-state index < -0.39 is 5.60 Å². The van der Waals surface area contributed by atoms with Crippen LogP contribution in [0.15, 0.2) is 66.7 Å². The van der Waals surface area contributed by atoms with E-state index in [0.717, 1.165) is 96.5 Å². The summed E-state index contributed by atoms with van der Waals surface area (Å²) in [5, 5.41) is 3.06. The number of ether oxygens (including phenoxy) is 3. The fourth-order valence-corrected chi connectivity index (χ4v) is 8.76. The van der Waals surface area contributed by atoms with E-state index in [1.807, 2.05) is 43.3 Å². The number of para-hydroxylation sites is 2. The lowest BCUT2D eigenvalue weighted by atomic mass is 9.65. The van der Waals surface area contributed by atoms with E-state index in [9.17, 15) is 14.0 Å². The Hall–Kier alpha value is -3.77. The van der Waals surface area contributed by atoms with Crippen molar-refractivity contribution < 1.29 is 28.2 Å². The van der Waals surface area contributed by atoms with Crippen molar-refractivity contribution in [1.82, 2.24) is 19.8 Å². The fourth-order valence-electron chi connectivity index (χ4n) is 8.54. The second kappa shape index (κ2) is 21.8. The van der Waals surface area contributed by atoms with E-state index in [2.05, 4.69) is 66.5 Å². The van der Waals surface area contributed by atoms with Crippen LogP contribution in [0.2, 0.25) is 0 Å². The topological polar surface area (TPSA) is 94.9 Å². The average molecular weight is 803 g/mol. The molecule has 3 aromatic carbocycles. The van der Waals surface area contributed by atoms with E-state index in [0.29, 0.717) is 38.8 Å². The summed E-state index contributed by atoms with van der Waals surface area (Å²) < 4.78 is 34.4. The van der Waals surface area contributed by atoms with Crippen molar-refractivity contribution >= 4 is 35.5 Å². The maximum Gasteiger partial charge on any atom is 0.332 e. The molecule has 0 saturated carbocycles. The minimum Gasteiger partial charge on any atom is -0.457 e. The lowest BCUT2D eigenvalue weighted by molar-refractivity contribution is -0.172. The molecule has 0 fully saturated rings. The maximum absolute atomic E-state index is 14.3. The molecule has 0 spiro atoms. The number of aryl methyl sites for hydroxylation is 2. The van der Waals surface area contributed by atoms with Gasteiger partial charge in [-0.15, -0.1) is 0 Å². The molecule has 1 unspecified atom stereocenters. The number of hydrogen-bond donors (Lipinski definition) is 2. The van der Waals surface area contributed by atoms with E-state index in [1.54, 1.807) is 6.07 Å². The summed E-state index contributed by atoms with van der Waals surface area (Å²) in [6.45, 7) is 8.94. The number of benzene rings is 3. The first-order valence-electron chi connectivity index (χ1n) is 20.8. The van der Waals surface area contributed by atoms with Crippen LogP contribution >= 0.6 is 12.6 Å². The zero-order chi connectivity index (χ0) is 40.8. The van der Waals surface area contributed by atoms with Crippen LogP contribution in [0.25, 0.3) is 11.0 Å². The molecular formula is C46H63FN4O5S. The van der Waals surface area contributed by atoms with Crippen LogP contribution in [0, 0.1) is 11.7 Å². The van der Waals surface area contributed by atoms with Crippen molar-refractivity contribution in [3.05, 3.63) is 101 Å². The highest BCUT2D eigenvalue weighted by Crippen LogP contribution is 2.48. The predicted octanol–water partition coefficient (Wildman–Crippen LogP) is 8.48. The smallest absolute Gasteiger partial charge is 0.332 e. The lowest BCUT2D eigenvalue weighted by Crippen LogP contribution is -2.49. The molecule has 3 atom stereocenters. The van der Waals surface area contributed by atoms with E-state index in [4.69, 9.17) is 19.2 Å². The van der Waals surface area contributed by atoms with Gasteiger partial charge in [0.1, 0.15) is 23.8 Å². The summed E-state index contributed by atoms with van der Waals surface area (Å²) in [7, 11) is 3.61. The molecule has 0 radical (unpaired) electrons. The Bertz CT molecular complexity index is 1880. The molecule has 9 nitrogen and oxygen atoms in total. The van der Waals surface area contributed by atoms with Crippen molar-refractivity contribution in [2.45, 2.75) is 103 Å². The van der Waals surface area contributed by atoms with Gasteiger partial charge in [-0.1, -0.05) is 69.2 Å². The zero-order valence-electron chi connectivity index (χ0n) is 34.6. The van der Waals surface area contributed by atoms with Crippen LogP contribution in [0.5, 0.6) is 0 Å². The number of hydrogen-bond acceptors (Lipinski definition) is 8. The van der Waals surface area contributed by atoms with Crippen molar-refractivity contribution in [3.63, 3.8) is 0 Å². The third-order valence-corrected chi connectivity index (χ3v) is 11.5. The molecule has 5 rings (SSSR count).